The van der Waals surface area contributed by atoms with E-state index in [1.54, 1.807) is 4.68 Å². The van der Waals surface area contributed by atoms with Gasteiger partial charge in [-0.15, -0.1) is 5.10 Å². The Labute approximate surface area is 117 Å². The molecule has 0 radical (unpaired) electrons. The Morgan fingerprint density at radius 3 is 2.90 bits per heavy atom. The number of carbonyl (C=O) groups excluding carboxylic acids is 1. The number of ketones is 1. The number of hydrogen-bond donors (Lipinski definition) is 0. The first-order valence-corrected chi connectivity index (χ1v) is 7.02. The molecule has 104 valence electrons. The van der Waals surface area contributed by atoms with Gasteiger partial charge in [0.25, 0.3) is 0 Å². The number of benzene rings is 1. The van der Waals surface area contributed by atoms with Crippen molar-refractivity contribution < 1.29 is 13.6 Å². The van der Waals surface area contributed by atoms with Crippen LogP contribution in [0.3, 0.4) is 0 Å². The van der Waals surface area contributed by atoms with Crippen molar-refractivity contribution in [1.29, 1.82) is 0 Å². The maximum atomic E-state index is 13.5. The highest BCUT2D eigenvalue weighted by atomic mass is 32.2. The van der Waals surface area contributed by atoms with Gasteiger partial charge >= 0.3 is 0 Å². The second-order valence-electron chi connectivity index (χ2n) is 4.47. The van der Waals surface area contributed by atoms with Gasteiger partial charge in [0, 0.05) is 6.07 Å². The molecular formula is C12H10F2N4OS. The summed E-state index contributed by atoms with van der Waals surface area (Å²) in [4.78, 5) is 11.9. The third-order valence-corrected chi connectivity index (χ3v) is 3.85. The van der Waals surface area contributed by atoms with Crippen LogP contribution in [0.2, 0.25) is 0 Å². The predicted octanol–water partition coefficient (Wildman–Crippen LogP) is 2.26. The molecule has 0 aliphatic heterocycles. The average molecular weight is 296 g/mol. The van der Waals surface area contributed by atoms with Crippen molar-refractivity contribution in [2.24, 2.45) is 0 Å². The fourth-order valence-corrected chi connectivity index (χ4v) is 2.58. The van der Waals surface area contributed by atoms with E-state index < -0.39 is 17.4 Å². The Balaban J connectivity index is 1.68. The van der Waals surface area contributed by atoms with Gasteiger partial charge in [0.15, 0.2) is 5.78 Å². The number of tetrazole rings is 1. The second kappa shape index (κ2) is 5.28. The van der Waals surface area contributed by atoms with E-state index in [0.29, 0.717) is 17.3 Å². The molecule has 8 heteroatoms. The Hall–Kier alpha value is -1.83. The van der Waals surface area contributed by atoms with Crippen molar-refractivity contribution in [3.8, 4) is 0 Å². The monoisotopic (exact) mass is 296 g/mol. The van der Waals surface area contributed by atoms with Crippen LogP contribution in [0.5, 0.6) is 0 Å². The molecule has 1 aromatic heterocycles. The number of rotatable bonds is 5. The summed E-state index contributed by atoms with van der Waals surface area (Å²) < 4.78 is 27.9. The van der Waals surface area contributed by atoms with Crippen LogP contribution in [-0.2, 0) is 0 Å². The van der Waals surface area contributed by atoms with Crippen LogP contribution in [0.15, 0.2) is 23.4 Å². The molecule has 1 aromatic carbocycles. The van der Waals surface area contributed by atoms with Gasteiger partial charge in [-0.1, -0.05) is 11.8 Å². The van der Waals surface area contributed by atoms with E-state index in [1.165, 1.54) is 0 Å². The van der Waals surface area contributed by atoms with Crippen LogP contribution in [0, 0.1) is 11.6 Å². The largest absolute Gasteiger partial charge is 0.293 e. The molecule has 0 N–H and O–H groups in total. The number of aromatic nitrogens is 4. The minimum Gasteiger partial charge on any atom is -0.293 e. The van der Waals surface area contributed by atoms with Gasteiger partial charge in [0.05, 0.1) is 17.4 Å². The molecule has 1 heterocycles. The Morgan fingerprint density at radius 2 is 2.20 bits per heavy atom. The molecule has 0 spiro atoms. The van der Waals surface area contributed by atoms with E-state index in [2.05, 4.69) is 15.5 Å². The van der Waals surface area contributed by atoms with Gasteiger partial charge in [0.1, 0.15) is 11.6 Å². The lowest BCUT2D eigenvalue weighted by molar-refractivity contribution is 0.101. The minimum absolute atomic E-state index is 0.00957. The molecule has 2 aromatic rings. The number of nitrogens with zero attached hydrogens (tertiary/aromatic N) is 4. The first-order chi connectivity index (χ1) is 9.65. The van der Waals surface area contributed by atoms with Crippen LogP contribution < -0.4 is 0 Å². The molecule has 0 unspecified atom stereocenters. The van der Waals surface area contributed by atoms with Crippen LogP contribution in [0.4, 0.5) is 8.78 Å². The molecule has 0 atom stereocenters. The van der Waals surface area contributed by atoms with Crippen LogP contribution in [0.25, 0.3) is 0 Å². The fraction of sp³-hybridized carbons (Fsp3) is 0.333. The highest BCUT2D eigenvalue weighted by Gasteiger charge is 2.28. The molecule has 5 nitrogen and oxygen atoms in total. The molecule has 1 fully saturated rings. The van der Waals surface area contributed by atoms with Crippen molar-refractivity contribution in [3.63, 3.8) is 0 Å². The minimum atomic E-state index is -0.850. The number of Topliss-reactive ketones (excluding diaryl/α,β-unsaturated/α-hetero) is 1. The smallest absolute Gasteiger partial charge is 0.210 e. The van der Waals surface area contributed by atoms with Gasteiger partial charge in [-0.05, 0) is 35.4 Å². The lowest BCUT2D eigenvalue weighted by atomic mass is 10.1. The van der Waals surface area contributed by atoms with E-state index in [-0.39, 0.29) is 11.3 Å². The summed E-state index contributed by atoms with van der Waals surface area (Å²) in [5.74, 6) is -1.96. The van der Waals surface area contributed by atoms with Gasteiger partial charge in [-0.3, -0.25) is 4.79 Å². The molecule has 3 rings (SSSR count). The Bertz CT molecular complexity index is 657. The quantitative estimate of drug-likeness (QED) is 0.625. The summed E-state index contributed by atoms with van der Waals surface area (Å²) in [6.45, 7) is 0. The van der Waals surface area contributed by atoms with E-state index >= 15 is 0 Å². The molecule has 1 aliphatic rings. The topological polar surface area (TPSA) is 60.7 Å². The molecule has 0 bridgehead atoms. The van der Waals surface area contributed by atoms with E-state index in [0.717, 1.165) is 36.7 Å². The normalized spacial score (nSPS) is 14.5. The highest BCUT2D eigenvalue weighted by Crippen LogP contribution is 2.36. The zero-order chi connectivity index (χ0) is 14.1. The number of hydrogen-bond acceptors (Lipinski definition) is 5. The number of carbonyl (C=O) groups is 1. The Kier molecular flexibility index (Phi) is 3.47. The lowest BCUT2D eigenvalue weighted by Crippen LogP contribution is -2.07. The Morgan fingerprint density at radius 1 is 1.40 bits per heavy atom. The van der Waals surface area contributed by atoms with Crippen molar-refractivity contribution in [2.75, 3.05) is 5.75 Å². The van der Waals surface area contributed by atoms with Crippen LogP contribution >= 0.6 is 11.8 Å². The second-order valence-corrected chi connectivity index (χ2v) is 5.42. The van der Waals surface area contributed by atoms with Gasteiger partial charge in [-0.2, -0.15) is 0 Å². The first-order valence-electron chi connectivity index (χ1n) is 6.04. The molecular weight excluding hydrogens is 286 g/mol. The van der Waals surface area contributed by atoms with Crippen molar-refractivity contribution in [2.45, 2.75) is 24.0 Å². The summed E-state index contributed by atoms with van der Waals surface area (Å²) in [7, 11) is 0. The van der Waals surface area contributed by atoms with E-state index in [9.17, 15) is 13.6 Å². The van der Waals surface area contributed by atoms with Crippen molar-refractivity contribution >= 4 is 17.5 Å². The van der Waals surface area contributed by atoms with Gasteiger partial charge in [-0.25, -0.2) is 13.5 Å². The summed E-state index contributed by atoms with van der Waals surface area (Å²) in [6, 6.07) is 3.23. The number of thioether (sulfide) groups is 1. The van der Waals surface area contributed by atoms with Crippen molar-refractivity contribution in [3.05, 3.63) is 35.4 Å². The SMILES string of the molecule is O=C(CSc1nnnn1C1CC1)c1ccc(F)cc1F. The van der Waals surface area contributed by atoms with Crippen LogP contribution in [0.1, 0.15) is 29.2 Å². The molecule has 1 saturated carbocycles. The summed E-state index contributed by atoms with van der Waals surface area (Å²) in [5, 5.41) is 11.8. The number of halogens is 2. The zero-order valence-corrected chi connectivity index (χ0v) is 11.1. The third-order valence-electron chi connectivity index (χ3n) is 2.92. The van der Waals surface area contributed by atoms with Gasteiger partial charge < -0.3 is 0 Å². The standard InChI is InChI=1S/C12H10F2N4OS/c13-7-1-4-9(10(14)5-7)11(19)6-20-12-15-16-17-18(12)8-2-3-8/h1,4-5,8H,2-3,6H2. The molecule has 1 aliphatic carbocycles. The first kappa shape index (κ1) is 13.2. The van der Waals surface area contributed by atoms with Crippen molar-refractivity contribution in [1.82, 2.24) is 20.2 Å². The summed E-state index contributed by atoms with van der Waals surface area (Å²) in [5.41, 5.74) is -0.121. The zero-order valence-electron chi connectivity index (χ0n) is 10.3. The fourth-order valence-electron chi connectivity index (χ4n) is 1.75. The van der Waals surface area contributed by atoms with Gasteiger partial charge in [0.2, 0.25) is 5.16 Å². The molecule has 20 heavy (non-hydrogen) atoms. The maximum Gasteiger partial charge on any atom is 0.210 e. The lowest BCUT2D eigenvalue weighted by Gasteiger charge is -2.03. The van der Waals surface area contributed by atoms with E-state index in [1.807, 2.05) is 0 Å². The average Bonchev–Trinajstić information content (AvgIpc) is 3.15. The summed E-state index contributed by atoms with van der Waals surface area (Å²) >= 11 is 1.15. The summed E-state index contributed by atoms with van der Waals surface area (Å²) in [6.07, 6.45) is 2.05. The molecule has 0 saturated heterocycles. The third kappa shape index (κ3) is 2.69. The highest BCUT2D eigenvalue weighted by molar-refractivity contribution is 7.99. The van der Waals surface area contributed by atoms with E-state index in [4.69, 9.17) is 0 Å². The molecule has 0 amide bonds. The predicted molar refractivity (Wildman–Crippen MR) is 67.5 cm³/mol. The maximum absolute atomic E-state index is 13.5. The van der Waals surface area contributed by atoms with Crippen LogP contribution in [-0.4, -0.2) is 31.7 Å².